The molecule has 3 amide bonds. The van der Waals surface area contributed by atoms with Crippen molar-refractivity contribution in [2.45, 2.75) is 67.3 Å². The molecule has 0 saturated heterocycles. The number of nitrogens with one attached hydrogen (secondary N) is 2. The largest absolute Gasteiger partial charge is 0.443 e. The number of carbonyl (C=O) groups is 3. The highest BCUT2D eigenvalue weighted by Gasteiger charge is 2.28. The molecule has 282 valence electrons. The summed E-state index contributed by atoms with van der Waals surface area (Å²) in [6.07, 6.45) is 10.3. The Morgan fingerprint density at radius 1 is 0.725 bits per heavy atom. The second kappa shape index (κ2) is 19.2. The Morgan fingerprint density at radius 2 is 1.18 bits per heavy atom. The van der Waals surface area contributed by atoms with E-state index in [2.05, 4.69) is 10.6 Å². The Labute approximate surface area is 294 Å². The third-order valence-electron chi connectivity index (χ3n) is 6.77. The summed E-state index contributed by atoms with van der Waals surface area (Å²) in [7, 11) is -11.6. The summed E-state index contributed by atoms with van der Waals surface area (Å²) < 4.78 is 105. The Bertz CT molecular complexity index is 2020. The standard InChI is InChI=1S/C13H19NO5S.C9H11NO5S.C8H9NO5S/c1-2-14(10-6-4-3-5-7-10)13(15)11-8-9-12(19-11)20(16,17)18;1-2-10-8(11)5-3-7-4-6-9(15-7)16(12,13)14;1-9-7(10)4-2-6-3-5-8(14-6)15(11,12)13/h8-10H,2-7H2,1H3,(H,16,17,18);3-6H,2H2,1H3,(H,10,11)(H,12,13,14);2-5H,1H3,(H,9,10)(H,11,12,13). The molecule has 18 nitrogen and oxygen atoms in total. The van der Waals surface area contributed by atoms with Gasteiger partial charge in [-0.25, -0.2) is 0 Å². The first-order chi connectivity index (χ1) is 23.8. The smallest absolute Gasteiger partial charge is 0.328 e. The molecular formula is C30H39N3O15S3. The van der Waals surface area contributed by atoms with E-state index in [0.29, 0.717) is 13.1 Å². The van der Waals surface area contributed by atoms with Gasteiger partial charge in [-0.05, 0) is 75.2 Å². The summed E-state index contributed by atoms with van der Waals surface area (Å²) in [5.74, 6) is -0.712. The SMILES string of the molecule is CCN(C(=O)c1ccc(S(=O)(=O)O)o1)C1CCCCC1.CCNC(=O)C=Cc1ccc(S(=O)(=O)O)o1.CNC(=O)C=Cc1ccc(S(=O)(=O)O)o1. The van der Waals surface area contributed by atoms with Crippen molar-refractivity contribution in [1.29, 1.82) is 0 Å². The van der Waals surface area contributed by atoms with E-state index in [0.717, 1.165) is 43.9 Å². The van der Waals surface area contributed by atoms with Crippen LogP contribution in [0.2, 0.25) is 0 Å². The molecule has 4 rings (SSSR count). The van der Waals surface area contributed by atoms with E-state index in [-0.39, 0.29) is 41.0 Å². The number of hydrogen-bond acceptors (Lipinski definition) is 12. The van der Waals surface area contributed by atoms with E-state index >= 15 is 0 Å². The summed E-state index contributed by atoms with van der Waals surface area (Å²) in [4.78, 5) is 35.9. The summed E-state index contributed by atoms with van der Waals surface area (Å²) in [6, 6.07) is 7.42. The molecule has 3 aromatic rings. The van der Waals surface area contributed by atoms with E-state index in [1.165, 1.54) is 56.0 Å². The Hall–Kier alpha value is -4.54. The van der Waals surface area contributed by atoms with E-state index < -0.39 is 45.6 Å². The predicted octanol–water partition coefficient (Wildman–Crippen LogP) is 3.28. The lowest BCUT2D eigenvalue weighted by molar-refractivity contribution is -0.117. The fourth-order valence-electron chi connectivity index (χ4n) is 4.43. The van der Waals surface area contributed by atoms with Gasteiger partial charge in [0.05, 0.1) is 0 Å². The molecule has 3 aromatic heterocycles. The van der Waals surface area contributed by atoms with Crippen LogP contribution >= 0.6 is 0 Å². The van der Waals surface area contributed by atoms with Crippen LogP contribution in [0.15, 0.2) is 77.1 Å². The first-order valence-electron chi connectivity index (χ1n) is 15.2. The van der Waals surface area contributed by atoms with Crippen molar-refractivity contribution in [2.75, 3.05) is 20.1 Å². The lowest BCUT2D eigenvalue weighted by Gasteiger charge is -2.32. The van der Waals surface area contributed by atoms with Gasteiger partial charge in [0.15, 0.2) is 5.76 Å². The highest BCUT2D eigenvalue weighted by molar-refractivity contribution is 7.86. The van der Waals surface area contributed by atoms with Crippen molar-refractivity contribution < 1.29 is 66.5 Å². The van der Waals surface area contributed by atoms with Gasteiger partial charge in [-0.15, -0.1) is 0 Å². The molecule has 3 heterocycles. The van der Waals surface area contributed by atoms with Crippen molar-refractivity contribution in [3.05, 3.63) is 65.8 Å². The van der Waals surface area contributed by atoms with Gasteiger partial charge in [-0.3, -0.25) is 28.0 Å². The zero-order chi connectivity index (χ0) is 38.4. The fraction of sp³-hybridized carbons (Fsp3) is 0.367. The molecule has 51 heavy (non-hydrogen) atoms. The lowest BCUT2D eigenvalue weighted by atomic mass is 9.94. The van der Waals surface area contributed by atoms with Crippen LogP contribution < -0.4 is 10.6 Å². The molecule has 0 radical (unpaired) electrons. The second-order valence-electron chi connectivity index (χ2n) is 10.4. The summed E-state index contributed by atoms with van der Waals surface area (Å²) in [5.41, 5.74) is 0. The number of amides is 3. The molecule has 0 aliphatic heterocycles. The minimum absolute atomic E-state index is 0.0509. The van der Waals surface area contributed by atoms with Crippen LogP contribution in [0, 0.1) is 0 Å². The molecule has 1 aliphatic rings. The van der Waals surface area contributed by atoms with Gasteiger partial charge in [0.25, 0.3) is 5.91 Å². The van der Waals surface area contributed by atoms with Crippen molar-refractivity contribution in [1.82, 2.24) is 15.5 Å². The topological polar surface area (TPSA) is 281 Å². The predicted molar refractivity (Wildman–Crippen MR) is 180 cm³/mol. The average Bonchev–Trinajstić information content (AvgIpc) is 3.85. The zero-order valence-electron chi connectivity index (χ0n) is 27.7. The Morgan fingerprint density at radius 3 is 1.57 bits per heavy atom. The molecule has 0 unspecified atom stereocenters. The zero-order valence-corrected chi connectivity index (χ0v) is 30.2. The molecule has 1 fully saturated rings. The van der Waals surface area contributed by atoms with Crippen LogP contribution in [0.4, 0.5) is 0 Å². The van der Waals surface area contributed by atoms with E-state index in [1.54, 1.807) is 11.8 Å². The van der Waals surface area contributed by atoms with Crippen LogP contribution in [-0.2, 0) is 39.9 Å². The molecule has 1 aliphatic carbocycles. The monoisotopic (exact) mass is 777 g/mol. The Balaban J connectivity index is 0.000000269. The van der Waals surface area contributed by atoms with Crippen molar-refractivity contribution >= 4 is 60.2 Å². The van der Waals surface area contributed by atoms with Crippen LogP contribution in [0.3, 0.4) is 0 Å². The van der Waals surface area contributed by atoms with Crippen molar-refractivity contribution in [3.63, 3.8) is 0 Å². The van der Waals surface area contributed by atoms with Gasteiger partial charge < -0.3 is 28.8 Å². The van der Waals surface area contributed by atoms with Gasteiger partial charge >= 0.3 is 30.4 Å². The highest BCUT2D eigenvalue weighted by atomic mass is 32.2. The number of hydrogen-bond donors (Lipinski definition) is 5. The third kappa shape index (κ3) is 14.3. The molecule has 1 saturated carbocycles. The fourth-order valence-corrected chi connectivity index (χ4v) is 5.75. The van der Waals surface area contributed by atoms with Crippen molar-refractivity contribution in [2.24, 2.45) is 0 Å². The van der Waals surface area contributed by atoms with Crippen LogP contribution in [-0.4, -0.2) is 87.7 Å². The molecule has 0 bridgehead atoms. The van der Waals surface area contributed by atoms with Gasteiger partial charge in [0.2, 0.25) is 27.1 Å². The third-order valence-corrected chi connectivity index (χ3v) is 8.96. The normalized spacial score (nSPS) is 13.9. The number of carbonyl (C=O) groups excluding carboxylic acids is 3. The lowest BCUT2D eigenvalue weighted by Crippen LogP contribution is -2.41. The molecule has 5 N–H and O–H groups in total. The maximum absolute atomic E-state index is 12.4. The maximum atomic E-state index is 12.4. The Kier molecular flexibility index (Phi) is 16.0. The second-order valence-corrected chi connectivity index (χ2v) is 14.5. The summed E-state index contributed by atoms with van der Waals surface area (Å²) >= 11 is 0. The molecular weight excluding hydrogens is 739 g/mol. The van der Waals surface area contributed by atoms with Gasteiger partial charge in [-0.2, -0.15) is 25.3 Å². The molecule has 0 spiro atoms. The number of furan rings is 3. The summed E-state index contributed by atoms with van der Waals surface area (Å²) in [6.45, 7) is 4.71. The number of nitrogens with zero attached hydrogens (tertiary/aromatic N) is 1. The van der Waals surface area contributed by atoms with E-state index in [9.17, 15) is 39.6 Å². The van der Waals surface area contributed by atoms with Crippen molar-refractivity contribution in [3.8, 4) is 0 Å². The minimum atomic E-state index is -4.41. The average molecular weight is 778 g/mol. The van der Waals surface area contributed by atoms with Gasteiger partial charge in [0, 0.05) is 38.3 Å². The highest BCUT2D eigenvalue weighted by Crippen LogP contribution is 2.25. The first kappa shape index (κ1) is 42.6. The maximum Gasteiger partial charge on any atom is 0.328 e. The molecule has 0 aromatic carbocycles. The molecule has 21 heteroatoms. The van der Waals surface area contributed by atoms with Crippen LogP contribution in [0.1, 0.15) is 68.0 Å². The van der Waals surface area contributed by atoms with Gasteiger partial charge in [0.1, 0.15) is 11.5 Å². The van der Waals surface area contributed by atoms with Crippen LogP contribution in [0.25, 0.3) is 12.2 Å². The van der Waals surface area contributed by atoms with E-state index in [1.807, 2.05) is 6.92 Å². The minimum Gasteiger partial charge on any atom is -0.443 e. The summed E-state index contributed by atoms with van der Waals surface area (Å²) in [5, 5.41) is 3.15. The van der Waals surface area contributed by atoms with E-state index in [4.69, 9.17) is 26.9 Å². The number of likely N-dealkylation sites (N-methyl/N-ethyl adjacent to an activating group) is 2. The first-order valence-corrected chi connectivity index (χ1v) is 19.5. The molecule has 0 atom stereocenters. The van der Waals surface area contributed by atoms with Gasteiger partial charge in [-0.1, -0.05) is 19.3 Å². The number of rotatable bonds is 11. The van der Waals surface area contributed by atoms with Crippen LogP contribution in [0.5, 0.6) is 0 Å². The quantitative estimate of drug-likeness (QED) is 0.138.